The van der Waals surface area contributed by atoms with Gasteiger partial charge in [0.15, 0.2) is 17.5 Å². The fraction of sp³-hybridized carbons (Fsp3) is 0. The number of nitrogens with zero attached hydrogens (tertiary/aromatic N) is 4. The predicted octanol–water partition coefficient (Wildman–Crippen LogP) is 15.9. The maximum Gasteiger partial charge on any atom is 0.164 e. The van der Waals surface area contributed by atoms with Crippen LogP contribution in [0.5, 0.6) is 0 Å². The molecule has 0 radical (unpaired) electrons. The Balaban J connectivity index is 0.937. The molecule has 0 aliphatic heterocycles. The van der Waals surface area contributed by atoms with E-state index in [0.717, 1.165) is 27.9 Å². The van der Waals surface area contributed by atoms with Crippen LogP contribution in [-0.4, -0.2) is 19.5 Å². The summed E-state index contributed by atoms with van der Waals surface area (Å²) < 4.78 is 2.41. The summed E-state index contributed by atoms with van der Waals surface area (Å²) in [6.07, 6.45) is 0. The van der Waals surface area contributed by atoms with Crippen molar-refractivity contribution in [3.05, 3.63) is 231 Å². The van der Waals surface area contributed by atoms with E-state index in [1.54, 1.807) is 0 Å². The van der Waals surface area contributed by atoms with E-state index in [4.69, 9.17) is 15.0 Å². The fourth-order valence-corrected chi connectivity index (χ4v) is 9.91. The summed E-state index contributed by atoms with van der Waals surface area (Å²) >= 11 is 0. The van der Waals surface area contributed by atoms with Crippen LogP contribution in [0, 0.1) is 0 Å². The van der Waals surface area contributed by atoms with Gasteiger partial charge in [0.25, 0.3) is 0 Å². The molecule has 2 aromatic heterocycles. The lowest BCUT2D eigenvalue weighted by Gasteiger charge is -2.16. The lowest BCUT2D eigenvalue weighted by molar-refractivity contribution is 1.07. The molecule has 0 spiro atoms. The molecule has 13 aromatic rings. The van der Waals surface area contributed by atoms with Gasteiger partial charge in [0.1, 0.15) is 0 Å². The minimum atomic E-state index is 0.641. The van der Waals surface area contributed by atoms with Crippen molar-refractivity contribution in [1.82, 2.24) is 19.5 Å². The summed E-state index contributed by atoms with van der Waals surface area (Å²) in [5.41, 5.74) is 11.1. The summed E-state index contributed by atoms with van der Waals surface area (Å²) in [7, 11) is 0. The van der Waals surface area contributed by atoms with E-state index in [0.29, 0.717) is 17.5 Å². The summed E-state index contributed by atoms with van der Waals surface area (Å²) in [6, 6.07) is 82.6. The fourth-order valence-electron chi connectivity index (χ4n) is 9.91. The van der Waals surface area contributed by atoms with E-state index in [1.165, 1.54) is 81.6 Å². The summed E-state index contributed by atoms with van der Waals surface area (Å²) in [5.74, 6) is 1.94. The highest BCUT2D eigenvalue weighted by Crippen LogP contribution is 2.43. The Hall–Kier alpha value is -8.73. The van der Waals surface area contributed by atoms with Crippen LogP contribution < -0.4 is 0 Å². The van der Waals surface area contributed by atoms with E-state index in [2.05, 4.69) is 174 Å². The van der Waals surface area contributed by atoms with Crippen LogP contribution >= 0.6 is 0 Å². The molecule has 302 valence electrons. The van der Waals surface area contributed by atoms with Gasteiger partial charge in [-0.2, -0.15) is 0 Å². The molecule has 0 aliphatic rings. The Morgan fingerprint density at radius 1 is 0.262 bits per heavy atom. The van der Waals surface area contributed by atoms with Crippen LogP contribution in [0.25, 0.3) is 127 Å². The smallest absolute Gasteiger partial charge is 0.164 e. The van der Waals surface area contributed by atoms with E-state index in [-0.39, 0.29) is 0 Å². The number of benzene rings is 11. The molecule has 4 nitrogen and oxygen atoms in total. The lowest BCUT2D eigenvalue weighted by Crippen LogP contribution is -2.00. The van der Waals surface area contributed by atoms with E-state index < -0.39 is 0 Å². The first-order valence-electron chi connectivity index (χ1n) is 22.1. The number of hydrogen-bond acceptors (Lipinski definition) is 3. The van der Waals surface area contributed by atoms with Gasteiger partial charge >= 0.3 is 0 Å². The van der Waals surface area contributed by atoms with Gasteiger partial charge in [-0.3, -0.25) is 0 Å². The topological polar surface area (TPSA) is 43.6 Å². The average molecular weight is 827 g/mol. The molecular formula is C61H38N4. The highest BCUT2D eigenvalue weighted by Gasteiger charge is 2.18. The quantitative estimate of drug-likeness (QED) is 0.157. The van der Waals surface area contributed by atoms with Crippen LogP contribution in [0.2, 0.25) is 0 Å². The highest BCUT2D eigenvalue weighted by molar-refractivity contribution is 6.29. The monoisotopic (exact) mass is 826 g/mol. The third kappa shape index (κ3) is 6.18. The second-order valence-corrected chi connectivity index (χ2v) is 16.8. The molecule has 65 heavy (non-hydrogen) atoms. The van der Waals surface area contributed by atoms with Crippen molar-refractivity contribution >= 4 is 64.9 Å². The van der Waals surface area contributed by atoms with E-state index in [1.807, 2.05) is 60.7 Å². The van der Waals surface area contributed by atoms with Gasteiger partial charge in [-0.25, -0.2) is 15.0 Å². The Morgan fingerprint density at radius 2 is 0.754 bits per heavy atom. The zero-order chi connectivity index (χ0) is 42.8. The van der Waals surface area contributed by atoms with E-state index in [9.17, 15) is 0 Å². The third-order valence-corrected chi connectivity index (χ3v) is 13.0. The zero-order valence-electron chi connectivity index (χ0n) is 35.2. The van der Waals surface area contributed by atoms with Crippen LogP contribution in [0.4, 0.5) is 0 Å². The molecule has 0 saturated heterocycles. The standard InChI is InChI=1S/C61H38N4/c1-3-15-41(16-4-1)59-62-60(42-17-5-2-6-18-42)64-61(63-59)43-28-26-40(27-29-43)48-23-13-24-52-49-20-9-10-21-50(49)54-37-45(31-34-53(54)58(48)52)46-32-35-57-55(38-46)51-22-11-12-25-56(51)65(57)47-33-30-39-14-7-8-19-44(39)36-47/h1-38H. The van der Waals surface area contributed by atoms with Crippen LogP contribution in [0.3, 0.4) is 0 Å². The number of rotatable bonds is 6. The minimum absolute atomic E-state index is 0.641. The average Bonchev–Trinajstić information content (AvgIpc) is 3.72. The number of fused-ring (bicyclic) bond motifs is 10. The Kier molecular flexibility index (Phi) is 8.50. The first-order chi connectivity index (χ1) is 32.2. The largest absolute Gasteiger partial charge is 0.309 e. The van der Waals surface area contributed by atoms with Gasteiger partial charge in [-0.1, -0.05) is 194 Å². The van der Waals surface area contributed by atoms with Crippen molar-refractivity contribution in [3.63, 3.8) is 0 Å². The molecule has 0 aliphatic carbocycles. The molecule has 0 N–H and O–H groups in total. The van der Waals surface area contributed by atoms with Crippen molar-refractivity contribution in [2.75, 3.05) is 0 Å². The number of para-hydroxylation sites is 1. The predicted molar refractivity (Wildman–Crippen MR) is 271 cm³/mol. The number of hydrogen-bond donors (Lipinski definition) is 0. The van der Waals surface area contributed by atoms with Gasteiger partial charge in [0.2, 0.25) is 0 Å². The molecule has 4 heteroatoms. The van der Waals surface area contributed by atoms with Gasteiger partial charge in [-0.05, 0) is 102 Å². The van der Waals surface area contributed by atoms with Gasteiger partial charge in [0.05, 0.1) is 11.0 Å². The van der Waals surface area contributed by atoms with Gasteiger partial charge in [-0.15, -0.1) is 0 Å². The molecule has 13 rings (SSSR count). The van der Waals surface area contributed by atoms with Crippen LogP contribution in [-0.2, 0) is 0 Å². The molecule has 0 bridgehead atoms. The van der Waals surface area contributed by atoms with E-state index >= 15 is 0 Å². The van der Waals surface area contributed by atoms with Crippen LogP contribution in [0.1, 0.15) is 0 Å². The first kappa shape index (κ1) is 36.9. The maximum absolute atomic E-state index is 4.99. The molecule has 0 fully saturated rings. The summed E-state index contributed by atoms with van der Waals surface area (Å²) in [4.78, 5) is 14.9. The normalized spacial score (nSPS) is 11.7. The summed E-state index contributed by atoms with van der Waals surface area (Å²) in [6.45, 7) is 0. The van der Waals surface area contributed by atoms with Crippen molar-refractivity contribution in [3.8, 4) is 62.1 Å². The Morgan fingerprint density at radius 3 is 1.46 bits per heavy atom. The second-order valence-electron chi connectivity index (χ2n) is 16.8. The van der Waals surface area contributed by atoms with Gasteiger partial charge < -0.3 is 4.57 Å². The molecule has 0 unspecified atom stereocenters. The lowest BCUT2D eigenvalue weighted by atomic mass is 9.88. The highest BCUT2D eigenvalue weighted by atomic mass is 15.0. The number of aromatic nitrogens is 4. The van der Waals surface area contributed by atoms with Crippen molar-refractivity contribution < 1.29 is 0 Å². The van der Waals surface area contributed by atoms with Crippen molar-refractivity contribution in [2.45, 2.75) is 0 Å². The van der Waals surface area contributed by atoms with Crippen molar-refractivity contribution in [2.24, 2.45) is 0 Å². The molecule has 0 amide bonds. The Labute approximate surface area is 375 Å². The molecule has 0 saturated carbocycles. The second kappa shape index (κ2) is 15.0. The maximum atomic E-state index is 4.99. The first-order valence-corrected chi connectivity index (χ1v) is 22.1. The summed E-state index contributed by atoms with van der Waals surface area (Å²) in [5, 5.41) is 12.4. The van der Waals surface area contributed by atoms with Crippen molar-refractivity contribution in [1.29, 1.82) is 0 Å². The third-order valence-electron chi connectivity index (χ3n) is 13.0. The SMILES string of the molecule is c1ccc(-c2nc(-c3ccccc3)nc(-c3ccc(-c4cccc5c6ccccc6c6cc(-c7ccc8c(c7)c7ccccc7n8-c7ccc8ccccc8c7)ccc6c45)cc3)n2)cc1. The molecule has 11 aromatic carbocycles. The van der Waals surface area contributed by atoms with Gasteiger partial charge in [0, 0.05) is 33.2 Å². The van der Waals surface area contributed by atoms with Crippen LogP contribution in [0.15, 0.2) is 231 Å². The zero-order valence-corrected chi connectivity index (χ0v) is 35.2. The molecule has 2 heterocycles. The Bertz CT molecular complexity index is 3930. The minimum Gasteiger partial charge on any atom is -0.309 e. The molecule has 0 atom stereocenters. The molecular weight excluding hydrogens is 789 g/mol.